The van der Waals surface area contributed by atoms with Gasteiger partial charge < -0.3 is 14.8 Å². The maximum absolute atomic E-state index is 12.0. The summed E-state index contributed by atoms with van der Waals surface area (Å²) in [4.78, 5) is 12.0. The van der Waals surface area contributed by atoms with Crippen LogP contribution in [0.5, 0.6) is 0 Å². The molecule has 2 rings (SSSR count). The Kier molecular flexibility index (Phi) is 5.64. The smallest absolute Gasteiger partial charge is 0.306 e. The Morgan fingerprint density at radius 2 is 2.14 bits per heavy atom. The lowest BCUT2D eigenvalue weighted by atomic mass is 9.61. The van der Waals surface area contributed by atoms with Crippen molar-refractivity contribution in [2.24, 2.45) is 5.41 Å². The second kappa shape index (κ2) is 7.11. The van der Waals surface area contributed by atoms with Crippen molar-refractivity contribution in [3.8, 4) is 0 Å². The first-order valence-electron chi connectivity index (χ1n) is 7.57. The second-order valence-corrected chi connectivity index (χ2v) is 6.95. The van der Waals surface area contributed by atoms with Gasteiger partial charge in [-0.15, -0.1) is 0 Å². The summed E-state index contributed by atoms with van der Waals surface area (Å²) < 4.78 is 11.5. The Hall–Kier alpha value is -0.910. The van der Waals surface area contributed by atoms with Crippen LogP contribution in [0.25, 0.3) is 0 Å². The molecule has 122 valence electrons. The van der Waals surface area contributed by atoms with Gasteiger partial charge in [-0.05, 0) is 44.5 Å². The number of rotatable bonds is 5. The highest BCUT2D eigenvalue weighted by atomic mass is 79.9. The monoisotopic (exact) mass is 369 g/mol. The molecule has 0 bridgehead atoms. The Morgan fingerprint density at radius 3 is 2.68 bits per heavy atom. The molecular weight excluding hydrogens is 346 g/mol. The fraction of sp³-hybridized carbons (Fsp3) is 0.588. The number of nitrogens with one attached hydrogen (secondary N) is 1. The number of esters is 1. The van der Waals surface area contributed by atoms with Crippen LogP contribution in [0.2, 0.25) is 0 Å². The van der Waals surface area contributed by atoms with E-state index in [9.17, 15) is 4.79 Å². The molecule has 1 fully saturated rings. The van der Waals surface area contributed by atoms with E-state index in [0.29, 0.717) is 19.6 Å². The van der Waals surface area contributed by atoms with Crippen LogP contribution in [0.15, 0.2) is 28.7 Å². The molecule has 22 heavy (non-hydrogen) atoms. The molecule has 1 N–H and O–H groups in total. The first-order chi connectivity index (χ1) is 10.5. The molecule has 1 heterocycles. The van der Waals surface area contributed by atoms with Gasteiger partial charge in [0.1, 0.15) is 0 Å². The summed E-state index contributed by atoms with van der Waals surface area (Å²) in [5.74, 6) is -0.168. The quantitative estimate of drug-likeness (QED) is 0.809. The minimum absolute atomic E-state index is 0.168. The molecule has 0 radical (unpaired) electrons. The zero-order valence-electron chi connectivity index (χ0n) is 13.4. The Morgan fingerprint density at radius 1 is 1.45 bits per heavy atom. The Bertz CT molecular complexity index is 528. The average Bonchev–Trinajstić information content (AvgIpc) is 2.54. The van der Waals surface area contributed by atoms with E-state index in [0.717, 1.165) is 22.9 Å². The topological polar surface area (TPSA) is 47.6 Å². The van der Waals surface area contributed by atoms with Gasteiger partial charge in [0, 0.05) is 28.6 Å². The van der Waals surface area contributed by atoms with Gasteiger partial charge in [-0.3, -0.25) is 4.79 Å². The number of methoxy groups -OCH3 is 1. The summed E-state index contributed by atoms with van der Waals surface area (Å²) >= 11 is 3.55. The third kappa shape index (κ3) is 3.21. The minimum atomic E-state index is -0.339. The maximum Gasteiger partial charge on any atom is 0.306 e. The van der Waals surface area contributed by atoms with Gasteiger partial charge in [-0.25, -0.2) is 0 Å². The van der Waals surface area contributed by atoms with E-state index in [4.69, 9.17) is 9.47 Å². The largest absolute Gasteiger partial charge is 0.469 e. The molecular formula is C17H24BrNO3. The predicted molar refractivity (Wildman–Crippen MR) is 89.7 cm³/mol. The molecule has 5 heteroatoms. The van der Waals surface area contributed by atoms with E-state index in [1.165, 1.54) is 7.11 Å². The van der Waals surface area contributed by atoms with Gasteiger partial charge in [-0.2, -0.15) is 0 Å². The predicted octanol–water partition coefficient (Wildman–Crippen LogP) is 3.24. The summed E-state index contributed by atoms with van der Waals surface area (Å²) in [7, 11) is 3.40. The fourth-order valence-electron chi connectivity index (χ4n) is 3.48. The van der Waals surface area contributed by atoms with Gasteiger partial charge >= 0.3 is 5.97 Å². The van der Waals surface area contributed by atoms with Crippen molar-refractivity contribution in [3.63, 3.8) is 0 Å². The fourth-order valence-corrected chi connectivity index (χ4v) is 3.88. The summed E-state index contributed by atoms with van der Waals surface area (Å²) in [6.45, 7) is 3.51. The van der Waals surface area contributed by atoms with Crippen LogP contribution in [0.4, 0.5) is 0 Å². The highest BCUT2D eigenvalue weighted by Crippen LogP contribution is 2.49. The standard InChI is InChI=1S/C17H24BrNO3/c1-16(19-2,13-5-4-6-14(18)11-13)17(12-15(20)21-3)7-9-22-10-8-17/h4-6,11,19H,7-10,12H2,1-3H3. The normalized spacial score (nSPS) is 20.2. The van der Waals surface area contributed by atoms with Crippen LogP contribution in [0, 0.1) is 5.41 Å². The third-order valence-electron chi connectivity index (χ3n) is 5.12. The van der Waals surface area contributed by atoms with Crippen LogP contribution in [-0.4, -0.2) is 33.3 Å². The number of carbonyl (C=O) groups excluding carboxylic acids is 1. The highest BCUT2D eigenvalue weighted by molar-refractivity contribution is 9.10. The van der Waals surface area contributed by atoms with E-state index >= 15 is 0 Å². The summed E-state index contributed by atoms with van der Waals surface area (Å²) in [5, 5.41) is 3.48. The van der Waals surface area contributed by atoms with Gasteiger partial charge in [0.2, 0.25) is 0 Å². The zero-order valence-corrected chi connectivity index (χ0v) is 15.0. The lowest BCUT2D eigenvalue weighted by Gasteiger charge is -2.51. The molecule has 1 aliphatic rings. The third-order valence-corrected chi connectivity index (χ3v) is 5.62. The molecule has 1 aliphatic heterocycles. The molecule has 0 aliphatic carbocycles. The average molecular weight is 370 g/mol. The van der Waals surface area contributed by atoms with E-state index < -0.39 is 0 Å². The van der Waals surface area contributed by atoms with E-state index in [1.807, 2.05) is 19.2 Å². The van der Waals surface area contributed by atoms with Crippen molar-refractivity contribution in [1.29, 1.82) is 0 Å². The molecule has 1 saturated heterocycles. The number of halogens is 1. The first kappa shape index (κ1) is 17.4. The SMILES string of the molecule is CNC(C)(c1cccc(Br)c1)C1(CC(=O)OC)CCOCC1. The zero-order chi connectivity index (χ0) is 16.2. The summed E-state index contributed by atoms with van der Waals surface area (Å²) in [6.07, 6.45) is 2.04. The van der Waals surface area contributed by atoms with Crippen molar-refractivity contribution in [3.05, 3.63) is 34.3 Å². The van der Waals surface area contributed by atoms with Crippen LogP contribution in [-0.2, 0) is 19.8 Å². The Balaban J connectivity index is 2.47. The van der Waals surface area contributed by atoms with Gasteiger partial charge in [0.15, 0.2) is 0 Å². The first-order valence-corrected chi connectivity index (χ1v) is 8.36. The maximum atomic E-state index is 12.0. The molecule has 1 aromatic carbocycles. The molecule has 0 amide bonds. The number of carbonyl (C=O) groups is 1. The summed E-state index contributed by atoms with van der Waals surface area (Å²) in [5.41, 5.74) is 0.595. The van der Waals surface area contributed by atoms with Crippen molar-refractivity contribution < 1.29 is 14.3 Å². The minimum Gasteiger partial charge on any atom is -0.469 e. The van der Waals surface area contributed by atoms with Gasteiger partial charge in [-0.1, -0.05) is 28.1 Å². The van der Waals surface area contributed by atoms with E-state index in [1.54, 1.807) is 0 Å². The molecule has 0 spiro atoms. The molecule has 1 aromatic rings. The van der Waals surface area contributed by atoms with Gasteiger partial charge in [0.05, 0.1) is 13.5 Å². The number of ether oxygens (including phenoxy) is 2. The summed E-state index contributed by atoms with van der Waals surface area (Å²) in [6, 6.07) is 8.26. The molecule has 1 atom stereocenters. The second-order valence-electron chi connectivity index (χ2n) is 6.03. The van der Waals surface area contributed by atoms with Crippen molar-refractivity contribution in [1.82, 2.24) is 5.32 Å². The van der Waals surface area contributed by atoms with Crippen LogP contribution in [0.3, 0.4) is 0 Å². The van der Waals surface area contributed by atoms with E-state index in [-0.39, 0.29) is 16.9 Å². The molecule has 0 saturated carbocycles. The van der Waals surface area contributed by atoms with E-state index in [2.05, 4.69) is 40.3 Å². The molecule has 4 nitrogen and oxygen atoms in total. The molecule has 0 aromatic heterocycles. The van der Waals surface area contributed by atoms with Crippen LogP contribution < -0.4 is 5.32 Å². The van der Waals surface area contributed by atoms with Crippen LogP contribution >= 0.6 is 15.9 Å². The van der Waals surface area contributed by atoms with Crippen LogP contribution in [0.1, 0.15) is 31.7 Å². The highest BCUT2D eigenvalue weighted by Gasteiger charge is 2.50. The Labute approximate surface area is 140 Å². The van der Waals surface area contributed by atoms with Gasteiger partial charge in [0.25, 0.3) is 0 Å². The number of benzene rings is 1. The molecule has 1 unspecified atom stereocenters. The lowest BCUT2D eigenvalue weighted by Crippen LogP contribution is -2.55. The number of hydrogen-bond acceptors (Lipinski definition) is 4. The number of hydrogen-bond donors (Lipinski definition) is 1. The van der Waals surface area contributed by atoms with Crippen molar-refractivity contribution >= 4 is 21.9 Å². The lowest BCUT2D eigenvalue weighted by molar-refractivity contribution is -0.148. The van der Waals surface area contributed by atoms with Crippen molar-refractivity contribution in [2.45, 2.75) is 31.7 Å². The van der Waals surface area contributed by atoms with Crippen molar-refractivity contribution in [2.75, 3.05) is 27.4 Å².